The summed E-state index contributed by atoms with van der Waals surface area (Å²) in [6.45, 7) is 1.80. The lowest BCUT2D eigenvalue weighted by Gasteiger charge is -2.37. The van der Waals surface area contributed by atoms with Gasteiger partial charge in [0.1, 0.15) is 5.75 Å². The molecule has 4 aliphatic rings. The van der Waals surface area contributed by atoms with E-state index in [2.05, 4.69) is 54.2 Å². The summed E-state index contributed by atoms with van der Waals surface area (Å²) < 4.78 is 30.5. The Labute approximate surface area is 264 Å². The lowest BCUT2D eigenvalue weighted by Crippen LogP contribution is -2.34. The monoisotopic (exact) mass is 608 g/mol. The van der Waals surface area contributed by atoms with Crippen LogP contribution in [0.3, 0.4) is 0 Å². The van der Waals surface area contributed by atoms with E-state index < -0.39 is 0 Å². The third-order valence-electron chi connectivity index (χ3n) is 9.66. The Morgan fingerprint density at radius 3 is 2.02 bits per heavy atom. The van der Waals surface area contributed by atoms with Gasteiger partial charge in [-0.2, -0.15) is 0 Å². The summed E-state index contributed by atoms with van der Waals surface area (Å²) in [5.41, 5.74) is 6.77. The molecule has 0 fully saturated rings. The molecule has 6 bridgehead atoms. The van der Waals surface area contributed by atoms with Gasteiger partial charge in [0.05, 0.1) is 21.3 Å². The molecule has 0 spiro atoms. The molecule has 0 amide bonds. The maximum atomic E-state index is 11.6. The summed E-state index contributed by atoms with van der Waals surface area (Å²) in [5.74, 6) is 4.09. The van der Waals surface area contributed by atoms with Crippen LogP contribution in [0.5, 0.6) is 46.0 Å². The molecule has 0 unspecified atom stereocenters. The van der Waals surface area contributed by atoms with Gasteiger partial charge in [0, 0.05) is 30.7 Å². The van der Waals surface area contributed by atoms with E-state index in [-0.39, 0.29) is 17.8 Å². The van der Waals surface area contributed by atoms with Crippen LogP contribution in [0.4, 0.5) is 0 Å². The van der Waals surface area contributed by atoms with Crippen LogP contribution in [0.2, 0.25) is 0 Å². The van der Waals surface area contributed by atoms with Crippen LogP contribution in [0.15, 0.2) is 60.7 Å². The van der Waals surface area contributed by atoms with Crippen molar-refractivity contribution in [2.45, 2.75) is 37.8 Å². The van der Waals surface area contributed by atoms with Crippen LogP contribution in [0.25, 0.3) is 0 Å². The van der Waals surface area contributed by atoms with Crippen molar-refractivity contribution in [3.63, 3.8) is 0 Å². The molecule has 234 valence electrons. The summed E-state index contributed by atoms with van der Waals surface area (Å²) in [4.78, 5) is 4.71. The molecule has 8 heteroatoms. The molecule has 4 aromatic rings. The van der Waals surface area contributed by atoms with Crippen molar-refractivity contribution in [2.24, 2.45) is 0 Å². The fourth-order valence-electron chi connectivity index (χ4n) is 7.10. The second-order valence-electron chi connectivity index (χ2n) is 12.3. The van der Waals surface area contributed by atoms with Gasteiger partial charge in [-0.25, -0.2) is 0 Å². The first-order chi connectivity index (χ1) is 21.9. The Hall–Kier alpha value is -4.40. The normalized spacial score (nSPS) is 19.4. The largest absolute Gasteiger partial charge is 0.502 e. The van der Waals surface area contributed by atoms with Crippen LogP contribution in [0, 0.1) is 0 Å². The van der Waals surface area contributed by atoms with Crippen LogP contribution < -0.4 is 23.7 Å². The molecule has 0 aromatic heterocycles. The van der Waals surface area contributed by atoms with Gasteiger partial charge in [0.25, 0.3) is 0 Å². The Kier molecular flexibility index (Phi) is 7.71. The van der Waals surface area contributed by atoms with E-state index in [4.69, 9.17) is 23.7 Å². The Bertz CT molecular complexity index is 1740. The molecule has 0 aliphatic carbocycles. The zero-order chi connectivity index (χ0) is 31.2. The molecule has 4 aliphatic heterocycles. The summed E-state index contributed by atoms with van der Waals surface area (Å²) in [7, 11) is 9.19. The third kappa shape index (κ3) is 5.32. The molecular weight excluding hydrogens is 568 g/mol. The molecular formula is C37H40N2O6. The van der Waals surface area contributed by atoms with Crippen molar-refractivity contribution in [2.75, 3.05) is 48.5 Å². The van der Waals surface area contributed by atoms with Gasteiger partial charge in [0.15, 0.2) is 34.5 Å². The van der Waals surface area contributed by atoms with Gasteiger partial charge >= 0.3 is 0 Å². The summed E-state index contributed by atoms with van der Waals surface area (Å²) in [6.07, 6.45) is 3.20. The number of methoxy groups -OCH3 is 3. The second kappa shape index (κ2) is 11.8. The third-order valence-corrected chi connectivity index (χ3v) is 9.66. The van der Waals surface area contributed by atoms with E-state index in [1.807, 2.05) is 30.3 Å². The topological polar surface area (TPSA) is 72.9 Å². The number of benzene rings is 4. The number of hydrogen-bond donors (Lipinski definition) is 1. The zero-order valence-corrected chi connectivity index (χ0v) is 26.6. The molecule has 8 nitrogen and oxygen atoms in total. The lowest BCUT2D eigenvalue weighted by molar-refractivity contribution is 0.220. The van der Waals surface area contributed by atoms with Gasteiger partial charge in [0.2, 0.25) is 5.75 Å². The number of phenols is 1. The molecule has 0 radical (unpaired) electrons. The number of nitrogens with zero attached hydrogens (tertiary/aromatic N) is 2. The first-order valence-corrected chi connectivity index (χ1v) is 15.5. The van der Waals surface area contributed by atoms with Crippen molar-refractivity contribution in [3.8, 4) is 46.0 Å². The number of rotatable bonds is 3. The minimum Gasteiger partial charge on any atom is -0.502 e. The maximum Gasteiger partial charge on any atom is 0.201 e. The number of ether oxygens (including phenoxy) is 5. The first-order valence-electron chi connectivity index (χ1n) is 15.5. The van der Waals surface area contributed by atoms with Crippen molar-refractivity contribution in [3.05, 3.63) is 94.0 Å². The standard InChI is InChI=1S/C37H40N2O6/c1-38-14-12-24-19-31(42-4)33-21-27(24)28(38)16-22-6-9-26(10-7-22)44-32-18-23(8-11-30(32)41-3)17-29-35-25(13-15-39(29)2)20-34(43-5)36(40)37(35)45-33/h6-11,18-21,28-29,40H,12-17H2,1-5H3/t28-,29-/m1/s1. The minimum atomic E-state index is -0.0810. The molecule has 8 rings (SSSR count). The molecule has 1 N–H and O–H groups in total. The van der Waals surface area contributed by atoms with Crippen molar-refractivity contribution in [1.82, 2.24) is 9.80 Å². The van der Waals surface area contributed by atoms with E-state index in [1.165, 1.54) is 16.7 Å². The smallest absolute Gasteiger partial charge is 0.201 e. The van der Waals surface area contributed by atoms with E-state index in [0.29, 0.717) is 40.9 Å². The quantitative estimate of drug-likeness (QED) is 0.271. The van der Waals surface area contributed by atoms with Crippen molar-refractivity contribution in [1.29, 1.82) is 0 Å². The van der Waals surface area contributed by atoms with Crippen LogP contribution in [0.1, 0.15) is 45.5 Å². The van der Waals surface area contributed by atoms with Crippen molar-refractivity contribution >= 4 is 0 Å². The summed E-state index contributed by atoms with van der Waals surface area (Å²) >= 11 is 0. The maximum absolute atomic E-state index is 11.6. The fourth-order valence-corrected chi connectivity index (χ4v) is 7.10. The number of hydrogen-bond acceptors (Lipinski definition) is 8. The molecule has 0 saturated heterocycles. The highest BCUT2D eigenvalue weighted by Gasteiger charge is 2.34. The number of likely N-dealkylation sites (N-methyl/N-ethyl adjacent to an activating group) is 2. The molecule has 2 atom stereocenters. The van der Waals surface area contributed by atoms with Gasteiger partial charge in [-0.1, -0.05) is 18.2 Å². The number of phenolic OH excluding ortho intramolecular Hbond substituents is 1. The average molecular weight is 609 g/mol. The molecule has 4 aromatic carbocycles. The molecule has 4 heterocycles. The van der Waals surface area contributed by atoms with Gasteiger partial charge in [-0.05, 0) is 110 Å². The first kappa shape index (κ1) is 29.3. The number of fused-ring (bicyclic) bond motifs is 2. The minimum absolute atomic E-state index is 0.0160. The molecule has 0 saturated carbocycles. The van der Waals surface area contributed by atoms with Crippen LogP contribution in [-0.4, -0.2) is 63.4 Å². The Morgan fingerprint density at radius 2 is 1.29 bits per heavy atom. The Balaban J connectivity index is 1.45. The van der Waals surface area contributed by atoms with Crippen LogP contribution >= 0.6 is 0 Å². The fraction of sp³-hybridized carbons (Fsp3) is 0.351. The van der Waals surface area contributed by atoms with Crippen molar-refractivity contribution < 1.29 is 28.8 Å². The van der Waals surface area contributed by atoms with E-state index >= 15 is 0 Å². The van der Waals surface area contributed by atoms with E-state index in [9.17, 15) is 5.11 Å². The SMILES string of the molecule is COc1ccc2cc1Oc1ccc(cc1)C[C@@H]1c3cc(c(OC)cc3CCN1C)Oc1c(O)c(OC)cc3c1[C@@H](C2)N(C)CC3. The summed E-state index contributed by atoms with van der Waals surface area (Å²) in [6, 6.07) is 20.6. The predicted molar refractivity (Wildman–Crippen MR) is 173 cm³/mol. The molecule has 45 heavy (non-hydrogen) atoms. The predicted octanol–water partition coefficient (Wildman–Crippen LogP) is 6.86. The van der Waals surface area contributed by atoms with E-state index in [0.717, 1.165) is 54.8 Å². The highest BCUT2D eigenvalue weighted by atomic mass is 16.5. The highest BCUT2D eigenvalue weighted by Crippen LogP contribution is 2.51. The summed E-state index contributed by atoms with van der Waals surface area (Å²) in [5, 5.41) is 11.6. The Morgan fingerprint density at radius 1 is 0.667 bits per heavy atom. The van der Waals surface area contributed by atoms with Gasteiger partial charge < -0.3 is 28.8 Å². The highest BCUT2D eigenvalue weighted by molar-refractivity contribution is 5.63. The van der Waals surface area contributed by atoms with Crippen LogP contribution in [-0.2, 0) is 25.7 Å². The average Bonchev–Trinajstić information content (AvgIpc) is 3.05. The van der Waals surface area contributed by atoms with E-state index in [1.54, 1.807) is 21.3 Å². The lowest BCUT2D eigenvalue weighted by atomic mass is 9.87. The second-order valence-corrected chi connectivity index (χ2v) is 12.3. The van der Waals surface area contributed by atoms with Gasteiger partial charge in [-0.3, -0.25) is 9.80 Å². The zero-order valence-electron chi connectivity index (χ0n) is 26.6. The number of aromatic hydroxyl groups is 1. The van der Waals surface area contributed by atoms with Gasteiger partial charge in [-0.15, -0.1) is 0 Å².